The van der Waals surface area contributed by atoms with Crippen molar-refractivity contribution >= 4 is 5.69 Å². The van der Waals surface area contributed by atoms with Crippen molar-refractivity contribution in [2.45, 2.75) is 0 Å². The van der Waals surface area contributed by atoms with Gasteiger partial charge < -0.3 is 4.74 Å². The summed E-state index contributed by atoms with van der Waals surface area (Å²) in [4.78, 5) is 10.6. The topological polar surface area (TPSA) is 52.4 Å². The minimum absolute atomic E-state index is 0.0514. The number of methoxy groups -OCH3 is 1. The molecule has 0 spiro atoms. The predicted octanol–water partition coefficient (Wildman–Crippen LogP) is 3.27. The van der Waals surface area contributed by atoms with E-state index in [1.807, 2.05) is 30.3 Å². The summed E-state index contributed by atoms with van der Waals surface area (Å²) in [5.41, 5.74) is 1.47. The van der Waals surface area contributed by atoms with Crippen LogP contribution < -0.4 is 4.74 Å². The molecule has 2 aromatic rings. The standard InChI is InChI=1S/C13H11NO3/c1-17-11-7-8-12(13(9-11)14(15)16)10-5-3-2-4-6-10/h2-9H,1H3. The van der Waals surface area contributed by atoms with Gasteiger partial charge in [0.1, 0.15) is 5.75 Å². The lowest BCUT2D eigenvalue weighted by Crippen LogP contribution is -1.93. The van der Waals surface area contributed by atoms with E-state index in [0.29, 0.717) is 11.3 Å². The van der Waals surface area contributed by atoms with Crippen LogP contribution in [0.3, 0.4) is 0 Å². The predicted molar refractivity (Wildman–Crippen MR) is 65.1 cm³/mol. The second-order valence-electron chi connectivity index (χ2n) is 3.51. The number of hydrogen-bond donors (Lipinski definition) is 0. The van der Waals surface area contributed by atoms with E-state index < -0.39 is 4.92 Å². The summed E-state index contributed by atoms with van der Waals surface area (Å²) in [7, 11) is 1.49. The Labute approximate surface area is 98.6 Å². The molecule has 0 N–H and O–H groups in total. The van der Waals surface area contributed by atoms with Gasteiger partial charge in [-0.3, -0.25) is 10.1 Å². The van der Waals surface area contributed by atoms with E-state index in [4.69, 9.17) is 4.74 Å². The van der Waals surface area contributed by atoms with Gasteiger partial charge in [0.25, 0.3) is 5.69 Å². The van der Waals surface area contributed by atoms with E-state index in [1.54, 1.807) is 12.1 Å². The van der Waals surface area contributed by atoms with Gasteiger partial charge in [-0.1, -0.05) is 30.3 Å². The largest absolute Gasteiger partial charge is 0.497 e. The van der Waals surface area contributed by atoms with Crippen LogP contribution in [0.4, 0.5) is 5.69 Å². The second-order valence-corrected chi connectivity index (χ2v) is 3.51. The van der Waals surface area contributed by atoms with Crippen LogP contribution in [0.2, 0.25) is 0 Å². The lowest BCUT2D eigenvalue weighted by atomic mass is 10.0. The van der Waals surface area contributed by atoms with Gasteiger partial charge in [-0.05, 0) is 17.7 Å². The van der Waals surface area contributed by atoms with E-state index in [9.17, 15) is 10.1 Å². The Morgan fingerprint density at radius 3 is 2.41 bits per heavy atom. The molecular weight excluding hydrogens is 218 g/mol. The van der Waals surface area contributed by atoms with Crippen molar-refractivity contribution in [3.05, 3.63) is 58.6 Å². The van der Waals surface area contributed by atoms with Crippen molar-refractivity contribution < 1.29 is 9.66 Å². The van der Waals surface area contributed by atoms with Crippen LogP contribution >= 0.6 is 0 Å². The number of hydrogen-bond acceptors (Lipinski definition) is 3. The molecule has 2 rings (SSSR count). The highest BCUT2D eigenvalue weighted by molar-refractivity contribution is 5.74. The third-order valence-electron chi connectivity index (χ3n) is 2.49. The molecule has 0 aliphatic carbocycles. The first-order chi connectivity index (χ1) is 8.22. The molecule has 0 saturated carbocycles. The smallest absolute Gasteiger partial charge is 0.280 e. The van der Waals surface area contributed by atoms with Gasteiger partial charge >= 0.3 is 0 Å². The molecule has 0 fully saturated rings. The summed E-state index contributed by atoms with van der Waals surface area (Å²) >= 11 is 0. The molecule has 2 aromatic carbocycles. The van der Waals surface area contributed by atoms with E-state index in [1.165, 1.54) is 13.2 Å². The zero-order valence-corrected chi connectivity index (χ0v) is 9.29. The van der Waals surface area contributed by atoms with E-state index in [0.717, 1.165) is 5.56 Å². The number of benzene rings is 2. The van der Waals surface area contributed by atoms with Crippen molar-refractivity contribution in [3.8, 4) is 16.9 Å². The van der Waals surface area contributed by atoms with Gasteiger partial charge in [-0.25, -0.2) is 0 Å². The maximum absolute atomic E-state index is 11.0. The molecule has 0 saturated heterocycles. The molecule has 0 aliphatic heterocycles. The molecule has 4 heteroatoms. The zero-order valence-electron chi connectivity index (χ0n) is 9.29. The number of rotatable bonds is 3. The Kier molecular flexibility index (Phi) is 3.05. The van der Waals surface area contributed by atoms with E-state index in [2.05, 4.69) is 0 Å². The summed E-state index contributed by atoms with van der Waals surface area (Å²) in [5.74, 6) is 0.483. The number of nitrogens with zero attached hydrogens (tertiary/aromatic N) is 1. The minimum atomic E-state index is -0.398. The normalized spacial score (nSPS) is 9.94. The summed E-state index contributed by atoms with van der Waals surface area (Å²) in [6.07, 6.45) is 0. The molecule has 0 unspecified atom stereocenters. The quantitative estimate of drug-likeness (QED) is 0.599. The SMILES string of the molecule is COc1ccc(-c2ccccc2)c([N+](=O)[O-])c1. The van der Waals surface area contributed by atoms with Gasteiger partial charge in [0.05, 0.1) is 23.7 Å². The Balaban J connectivity index is 2.58. The lowest BCUT2D eigenvalue weighted by molar-refractivity contribution is -0.384. The molecule has 0 atom stereocenters. The fourth-order valence-electron chi connectivity index (χ4n) is 1.65. The van der Waals surface area contributed by atoms with Crippen molar-refractivity contribution in [3.63, 3.8) is 0 Å². The highest BCUT2D eigenvalue weighted by Gasteiger charge is 2.15. The van der Waals surface area contributed by atoms with Crippen LogP contribution in [0.1, 0.15) is 0 Å². The Morgan fingerprint density at radius 1 is 1.12 bits per heavy atom. The monoisotopic (exact) mass is 229 g/mol. The molecule has 4 nitrogen and oxygen atoms in total. The first-order valence-corrected chi connectivity index (χ1v) is 5.10. The first-order valence-electron chi connectivity index (χ1n) is 5.10. The third kappa shape index (κ3) is 2.25. The fraction of sp³-hybridized carbons (Fsp3) is 0.0769. The van der Waals surface area contributed by atoms with Crippen molar-refractivity contribution in [2.75, 3.05) is 7.11 Å². The van der Waals surface area contributed by atoms with Gasteiger partial charge in [0.2, 0.25) is 0 Å². The maximum atomic E-state index is 11.0. The number of nitro groups is 1. The van der Waals surface area contributed by atoms with Gasteiger partial charge in [-0.2, -0.15) is 0 Å². The molecule has 0 radical (unpaired) electrons. The Hall–Kier alpha value is -2.36. The van der Waals surface area contributed by atoms with Crippen LogP contribution in [0, 0.1) is 10.1 Å². The first kappa shape index (κ1) is 11.1. The van der Waals surface area contributed by atoms with Gasteiger partial charge in [-0.15, -0.1) is 0 Å². The summed E-state index contributed by atoms with van der Waals surface area (Å²) in [6, 6.07) is 14.1. The Bertz CT molecular complexity index is 538. The molecule has 0 amide bonds. The van der Waals surface area contributed by atoms with Crippen LogP contribution in [0.15, 0.2) is 48.5 Å². The lowest BCUT2D eigenvalue weighted by Gasteiger charge is -2.05. The average Bonchev–Trinajstić information content (AvgIpc) is 2.39. The molecule has 0 heterocycles. The zero-order chi connectivity index (χ0) is 12.3. The summed E-state index contributed by atoms with van der Waals surface area (Å²) in [5, 5.41) is 11.0. The van der Waals surface area contributed by atoms with Crippen LogP contribution in [0.5, 0.6) is 5.75 Å². The number of ether oxygens (including phenoxy) is 1. The average molecular weight is 229 g/mol. The molecular formula is C13H11NO3. The highest BCUT2D eigenvalue weighted by atomic mass is 16.6. The van der Waals surface area contributed by atoms with Crippen LogP contribution in [0.25, 0.3) is 11.1 Å². The molecule has 0 aliphatic rings. The second kappa shape index (κ2) is 4.65. The number of nitro benzene ring substituents is 1. The third-order valence-corrected chi connectivity index (χ3v) is 2.49. The van der Waals surface area contributed by atoms with Crippen molar-refractivity contribution in [2.24, 2.45) is 0 Å². The molecule has 0 aromatic heterocycles. The van der Waals surface area contributed by atoms with Gasteiger partial charge in [0.15, 0.2) is 0 Å². The molecule has 86 valence electrons. The van der Waals surface area contributed by atoms with Crippen LogP contribution in [-0.4, -0.2) is 12.0 Å². The summed E-state index contributed by atoms with van der Waals surface area (Å²) < 4.78 is 4.99. The Morgan fingerprint density at radius 2 is 1.82 bits per heavy atom. The minimum Gasteiger partial charge on any atom is -0.497 e. The summed E-state index contributed by atoms with van der Waals surface area (Å²) in [6.45, 7) is 0. The van der Waals surface area contributed by atoms with E-state index in [-0.39, 0.29) is 5.69 Å². The van der Waals surface area contributed by atoms with Crippen molar-refractivity contribution in [1.82, 2.24) is 0 Å². The van der Waals surface area contributed by atoms with Gasteiger partial charge in [0, 0.05) is 0 Å². The van der Waals surface area contributed by atoms with E-state index >= 15 is 0 Å². The molecule has 17 heavy (non-hydrogen) atoms. The maximum Gasteiger partial charge on any atom is 0.280 e. The highest BCUT2D eigenvalue weighted by Crippen LogP contribution is 2.32. The van der Waals surface area contributed by atoms with Crippen LogP contribution in [-0.2, 0) is 0 Å². The fourth-order valence-corrected chi connectivity index (χ4v) is 1.65. The van der Waals surface area contributed by atoms with Crippen molar-refractivity contribution in [1.29, 1.82) is 0 Å². The molecule has 0 bridgehead atoms.